The fraction of sp³-hybridized carbons (Fsp3) is 0.438. The highest BCUT2D eigenvalue weighted by atomic mass is 16.5. The molecule has 5 rings (SSSR count). The number of primary amides is 1. The molecular weight excluding hydrogens is 500 g/mol. The molecule has 3 aromatic rings. The first-order valence-electron chi connectivity index (χ1n) is 14.5. The van der Waals surface area contributed by atoms with Crippen molar-refractivity contribution in [2.24, 2.45) is 29.1 Å². The molecule has 0 aliphatic heterocycles. The van der Waals surface area contributed by atoms with Crippen LogP contribution in [0.5, 0.6) is 5.75 Å². The molecule has 8 heteroatoms. The Bertz CT molecular complexity index is 1320. The Hall–Kier alpha value is -3.78. The van der Waals surface area contributed by atoms with E-state index in [1.54, 1.807) is 19.4 Å². The number of carbonyl (C=O) groups excluding carboxylic acids is 1. The summed E-state index contributed by atoms with van der Waals surface area (Å²) >= 11 is 0. The number of benzene rings is 2. The molecule has 40 heavy (non-hydrogen) atoms. The quantitative estimate of drug-likeness (QED) is 0.234. The van der Waals surface area contributed by atoms with E-state index in [4.69, 9.17) is 22.0 Å². The highest BCUT2D eigenvalue weighted by molar-refractivity contribution is 5.94. The van der Waals surface area contributed by atoms with Gasteiger partial charge in [0.05, 0.1) is 29.2 Å². The number of nitrogens with two attached hydrogens (primary N) is 3. The maximum absolute atomic E-state index is 12.3. The van der Waals surface area contributed by atoms with E-state index in [9.17, 15) is 4.79 Å². The summed E-state index contributed by atoms with van der Waals surface area (Å²) in [6, 6.07) is 16.4. The average Bonchev–Trinajstić information content (AvgIpc) is 3.64. The van der Waals surface area contributed by atoms with Gasteiger partial charge in [-0.15, -0.1) is 0 Å². The Kier molecular flexibility index (Phi) is 9.53. The minimum Gasteiger partial charge on any atom is -0.490 e. The number of carbonyl (C=O) groups is 1. The third kappa shape index (κ3) is 6.67. The molecule has 0 saturated heterocycles. The highest BCUT2D eigenvalue weighted by Crippen LogP contribution is 2.51. The second-order valence-electron chi connectivity index (χ2n) is 10.8. The smallest absolute Gasteiger partial charge is 0.252 e. The maximum Gasteiger partial charge on any atom is 0.252 e. The van der Waals surface area contributed by atoms with E-state index in [-0.39, 0.29) is 17.9 Å². The van der Waals surface area contributed by atoms with Crippen LogP contribution in [0.15, 0.2) is 66.6 Å². The fourth-order valence-electron chi connectivity index (χ4n) is 5.79. The second kappa shape index (κ2) is 13.0. The normalized spacial score (nSPS) is 19.8. The lowest BCUT2D eigenvalue weighted by molar-refractivity contribution is 0.0999. The van der Waals surface area contributed by atoms with Gasteiger partial charge in [0, 0.05) is 30.8 Å². The summed E-state index contributed by atoms with van der Waals surface area (Å²) in [6.07, 6.45) is 10.7. The van der Waals surface area contributed by atoms with Gasteiger partial charge in [-0.05, 0) is 67.5 Å². The molecule has 3 atom stereocenters. The minimum absolute atomic E-state index is 0.0397. The molecule has 2 saturated carbocycles. The molecule has 1 heterocycles. The number of allylic oxidation sites excluding steroid dienone is 1. The summed E-state index contributed by atoms with van der Waals surface area (Å²) in [4.78, 5) is 12.3. The van der Waals surface area contributed by atoms with E-state index >= 15 is 0 Å². The molecule has 2 aromatic carbocycles. The van der Waals surface area contributed by atoms with Crippen molar-refractivity contribution in [3.8, 4) is 22.6 Å². The van der Waals surface area contributed by atoms with E-state index in [0.717, 1.165) is 34.7 Å². The molecule has 1 aromatic heterocycles. The number of aromatic nitrogens is 2. The Labute approximate surface area is 238 Å². The summed E-state index contributed by atoms with van der Waals surface area (Å²) in [7, 11) is 1.73. The molecule has 0 spiro atoms. The molecule has 2 unspecified atom stereocenters. The molecule has 1 amide bonds. The number of amides is 1. The summed E-state index contributed by atoms with van der Waals surface area (Å²) in [5, 5.41) is 6.00. The predicted molar refractivity (Wildman–Crippen MR) is 161 cm³/mol. The van der Waals surface area contributed by atoms with Gasteiger partial charge >= 0.3 is 0 Å². The van der Waals surface area contributed by atoms with Gasteiger partial charge in [0.15, 0.2) is 0 Å². The molecule has 0 bridgehead atoms. The standard InChI is InChI=1S/C30H38N6O2.C2H6/c1-19(20-8-4-3-5-9-20)38-24-13-7-11-22(15-24)21-10-6-12-23(14-21)36-29(27(17-34-36)30(32)37)26-16-25(26)28(31)18-35(2)33;1-2/h6-7,10-15,17-20,25-26H,3-5,8-9,16,31,33H2,1-2H3,(H2,32,37);1-2H3/b28-18-;/t19?,25?,26-;/m1./s1. The van der Waals surface area contributed by atoms with Crippen molar-refractivity contribution in [2.75, 3.05) is 7.05 Å². The Morgan fingerprint density at radius 3 is 2.42 bits per heavy atom. The number of hydrogen-bond acceptors (Lipinski definition) is 6. The average molecular weight is 545 g/mol. The van der Waals surface area contributed by atoms with Crippen LogP contribution in [0, 0.1) is 11.8 Å². The summed E-state index contributed by atoms with van der Waals surface area (Å²) < 4.78 is 8.20. The van der Waals surface area contributed by atoms with E-state index in [1.807, 2.05) is 42.8 Å². The summed E-state index contributed by atoms with van der Waals surface area (Å²) in [6.45, 7) is 6.19. The highest BCUT2D eigenvalue weighted by Gasteiger charge is 2.44. The van der Waals surface area contributed by atoms with Crippen LogP contribution in [-0.2, 0) is 0 Å². The lowest BCUT2D eigenvalue weighted by Crippen LogP contribution is -2.25. The van der Waals surface area contributed by atoms with Crippen molar-refractivity contribution < 1.29 is 9.53 Å². The van der Waals surface area contributed by atoms with Crippen molar-refractivity contribution >= 4 is 5.91 Å². The maximum atomic E-state index is 12.3. The number of nitrogens with zero attached hydrogens (tertiary/aromatic N) is 3. The molecule has 214 valence electrons. The Morgan fingerprint density at radius 2 is 1.75 bits per heavy atom. The van der Waals surface area contributed by atoms with Crippen LogP contribution in [0.2, 0.25) is 0 Å². The van der Waals surface area contributed by atoms with E-state index < -0.39 is 5.91 Å². The van der Waals surface area contributed by atoms with Gasteiger partial charge in [-0.1, -0.05) is 57.4 Å². The van der Waals surface area contributed by atoms with Crippen molar-refractivity contribution in [1.29, 1.82) is 0 Å². The fourth-order valence-corrected chi connectivity index (χ4v) is 5.79. The third-order valence-corrected chi connectivity index (χ3v) is 7.89. The predicted octanol–water partition coefficient (Wildman–Crippen LogP) is 5.72. The summed E-state index contributed by atoms with van der Waals surface area (Å²) in [5.74, 6) is 6.87. The topological polar surface area (TPSA) is 125 Å². The van der Waals surface area contributed by atoms with Crippen LogP contribution < -0.4 is 22.0 Å². The van der Waals surface area contributed by atoms with E-state index in [0.29, 0.717) is 17.2 Å². The minimum atomic E-state index is -0.497. The first-order valence-corrected chi connectivity index (χ1v) is 14.5. The van der Waals surface area contributed by atoms with Gasteiger partial charge in [-0.2, -0.15) is 5.10 Å². The zero-order valence-corrected chi connectivity index (χ0v) is 24.2. The van der Waals surface area contributed by atoms with Gasteiger partial charge in [-0.3, -0.25) is 4.79 Å². The molecule has 2 aliphatic rings. The zero-order valence-electron chi connectivity index (χ0n) is 24.2. The van der Waals surface area contributed by atoms with Crippen LogP contribution in [-0.4, -0.2) is 33.8 Å². The Morgan fingerprint density at radius 1 is 1.07 bits per heavy atom. The summed E-state index contributed by atoms with van der Waals surface area (Å²) in [5.41, 5.74) is 16.8. The van der Waals surface area contributed by atoms with Crippen molar-refractivity contribution in [2.45, 2.75) is 71.3 Å². The van der Waals surface area contributed by atoms with Gasteiger partial charge in [0.1, 0.15) is 5.75 Å². The Balaban J connectivity index is 0.00000181. The SMILES string of the molecule is CC.CC(Oc1cccc(-c2cccc(-n3ncc(C(N)=O)c3[C@@H]3CC3/C(N)=C/N(C)N)c2)c1)C1CCCCC1. The van der Waals surface area contributed by atoms with Crippen LogP contribution in [0.4, 0.5) is 0 Å². The molecule has 2 fully saturated rings. The number of rotatable bonds is 9. The lowest BCUT2D eigenvalue weighted by Gasteiger charge is -2.28. The van der Waals surface area contributed by atoms with E-state index in [2.05, 4.69) is 36.3 Å². The third-order valence-electron chi connectivity index (χ3n) is 7.89. The molecule has 8 nitrogen and oxygen atoms in total. The largest absolute Gasteiger partial charge is 0.490 e. The second-order valence-corrected chi connectivity index (χ2v) is 10.8. The van der Waals surface area contributed by atoms with Crippen molar-refractivity contribution in [3.63, 3.8) is 0 Å². The lowest BCUT2D eigenvalue weighted by atomic mass is 9.86. The van der Waals surface area contributed by atoms with Crippen LogP contribution in [0.25, 0.3) is 16.8 Å². The van der Waals surface area contributed by atoms with Gasteiger partial charge in [0.25, 0.3) is 5.91 Å². The van der Waals surface area contributed by atoms with Crippen molar-refractivity contribution in [1.82, 2.24) is 14.8 Å². The number of hydrazine groups is 1. The molecule has 0 radical (unpaired) electrons. The van der Waals surface area contributed by atoms with E-state index in [1.165, 1.54) is 37.1 Å². The van der Waals surface area contributed by atoms with Crippen LogP contribution in [0.3, 0.4) is 0 Å². The molecular formula is C32H44N6O2. The monoisotopic (exact) mass is 544 g/mol. The van der Waals surface area contributed by atoms with Gasteiger partial charge < -0.3 is 21.2 Å². The molecule has 6 N–H and O–H groups in total. The number of hydrogen-bond donors (Lipinski definition) is 3. The van der Waals surface area contributed by atoms with Crippen LogP contribution >= 0.6 is 0 Å². The van der Waals surface area contributed by atoms with Gasteiger partial charge in [0.2, 0.25) is 0 Å². The van der Waals surface area contributed by atoms with Gasteiger partial charge in [-0.25, -0.2) is 10.5 Å². The first-order chi connectivity index (χ1) is 19.3. The zero-order chi connectivity index (χ0) is 28.8. The molecule has 2 aliphatic carbocycles. The van der Waals surface area contributed by atoms with Crippen molar-refractivity contribution in [3.05, 3.63) is 77.9 Å². The first kappa shape index (κ1) is 29.2. The van der Waals surface area contributed by atoms with Crippen LogP contribution in [0.1, 0.15) is 81.3 Å². The number of ether oxygens (including phenoxy) is 1.